The van der Waals surface area contributed by atoms with Crippen molar-refractivity contribution in [3.8, 4) is 0 Å². The number of aliphatic hydroxyl groups is 5. The van der Waals surface area contributed by atoms with E-state index < -0.39 is 124 Å². The number of nitrogens with zero attached hydrogens (tertiary/aromatic N) is 3. The minimum atomic E-state index is -2.15. The Hall–Kier alpha value is -2.78. The molecule has 46 heavy (non-hydrogen) atoms. The first-order chi connectivity index (χ1) is 21.4. The number of carbonyl (C=O) groups excluding carboxylic acids is 3. The van der Waals surface area contributed by atoms with Crippen molar-refractivity contribution in [2.75, 3.05) is 0 Å². The van der Waals surface area contributed by atoms with Gasteiger partial charge < -0.3 is 44.5 Å². The number of allylic oxidation sites excluding steroid dienone is 1. The van der Waals surface area contributed by atoms with E-state index in [0.717, 1.165) is 13.8 Å². The molecule has 5 N–H and O–H groups in total. The van der Waals surface area contributed by atoms with Gasteiger partial charge in [-0.1, -0.05) is 19.0 Å². The highest BCUT2D eigenvalue weighted by molar-refractivity contribution is 5.85. The molecule has 0 spiro atoms. The second-order valence-corrected chi connectivity index (χ2v) is 15.2. The lowest BCUT2D eigenvalue weighted by atomic mass is 9.42. The summed E-state index contributed by atoms with van der Waals surface area (Å²) in [6, 6.07) is -1.14. The van der Waals surface area contributed by atoms with Crippen molar-refractivity contribution in [3.63, 3.8) is 0 Å². The highest BCUT2D eigenvalue weighted by Crippen LogP contribution is 2.73. The maximum atomic E-state index is 13.0. The topological polar surface area (TPSA) is 241 Å². The van der Waals surface area contributed by atoms with Crippen molar-refractivity contribution in [1.82, 2.24) is 0 Å². The Morgan fingerprint density at radius 3 is 2.30 bits per heavy atom. The Bertz CT molecular complexity index is 1480. The average Bonchev–Trinajstić information content (AvgIpc) is 3.66. The van der Waals surface area contributed by atoms with Crippen LogP contribution in [0.1, 0.15) is 48.0 Å². The van der Waals surface area contributed by atoms with Crippen LogP contribution in [0.2, 0.25) is 0 Å². The molecular weight excluding hydrogens is 606 g/mol. The predicted octanol–water partition coefficient (Wildman–Crippen LogP) is 0.106. The molecule has 0 bridgehead atoms. The van der Waals surface area contributed by atoms with Crippen LogP contribution in [-0.2, 0) is 33.3 Å². The second kappa shape index (κ2) is 9.65. The summed E-state index contributed by atoms with van der Waals surface area (Å²) in [5.74, 6) is -9.41. The first-order valence-electron chi connectivity index (χ1n) is 15.9. The van der Waals surface area contributed by atoms with E-state index in [1.165, 1.54) is 6.92 Å². The molecule has 2 saturated heterocycles. The molecule has 2 heterocycles. The fourth-order valence-corrected chi connectivity index (χ4v) is 11.6. The van der Waals surface area contributed by atoms with E-state index in [-0.39, 0.29) is 11.9 Å². The number of carbonyl (C=O) groups is 3. The lowest BCUT2D eigenvalue weighted by molar-refractivity contribution is -0.302. The van der Waals surface area contributed by atoms with Crippen LogP contribution in [0, 0.1) is 52.3 Å². The molecule has 0 amide bonds. The largest absolute Gasteiger partial charge is 0.459 e. The molecule has 0 aromatic carbocycles. The summed E-state index contributed by atoms with van der Waals surface area (Å²) in [4.78, 5) is 41.8. The van der Waals surface area contributed by atoms with E-state index in [4.69, 9.17) is 18.9 Å². The molecule has 6 fully saturated rings. The van der Waals surface area contributed by atoms with Crippen molar-refractivity contribution in [2.45, 2.75) is 108 Å². The van der Waals surface area contributed by atoms with Crippen LogP contribution in [0.3, 0.4) is 0 Å². The summed E-state index contributed by atoms with van der Waals surface area (Å²) < 4.78 is 23.4. The van der Waals surface area contributed by atoms with Gasteiger partial charge in [-0.25, -0.2) is 4.79 Å². The van der Waals surface area contributed by atoms with E-state index >= 15 is 0 Å². The highest BCUT2D eigenvalue weighted by atomic mass is 16.6. The smallest absolute Gasteiger partial charge is 0.343 e. The van der Waals surface area contributed by atoms with E-state index in [2.05, 4.69) is 10.0 Å². The first kappa shape index (κ1) is 31.8. The number of aliphatic hydroxyl groups excluding tert-OH is 4. The average molecular weight is 648 g/mol. The molecule has 4 saturated carbocycles. The summed E-state index contributed by atoms with van der Waals surface area (Å²) in [6.45, 7) is 8.58. The summed E-state index contributed by atoms with van der Waals surface area (Å²) in [5.41, 5.74) is 2.56. The molecule has 0 aromatic heterocycles. The Morgan fingerprint density at radius 2 is 1.70 bits per heavy atom. The fraction of sp³-hybridized carbons (Fsp3) is 0.839. The van der Waals surface area contributed by atoms with Crippen LogP contribution in [-0.4, -0.2) is 103 Å². The van der Waals surface area contributed by atoms with Gasteiger partial charge in [0.05, 0.1) is 35.9 Å². The Labute approximate surface area is 264 Å². The van der Waals surface area contributed by atoms with Crippen LogP contribution in [0.4, 0.5) is 0 Å². The molecule has 0 aromatic rings. The van der Waals surface area contributed by atoms with E-state index in [9.17, 15) is 45.4 Å². The number of hydrogen-bond acceptors (Lipinski definition) is 13. The molecule has 15 nitrogen and oxygen atoms in total. The quantitative estimate of drug-likeness (QED) is 0.0685. The molecule has 19 atom stereocenters. The van der Waals surface area contributed by atoms with Crippen molar-refractivity contribution in [3.05, 3.63) is 22.3 Å². The monoisotopic (exact) mass is 647 g/mol. The summed E-state index contributed by atoms with van der Waals surface area (Å²) in [7, 11) is 0. The normalized spacial score (nSPS) is 57.5. The van der Waals surface area contributed by atoms with Crippen LogP contribution >= 0.6 is 0 Å². The van der Waals surface area contributed by atoms with Gasteiger partial charge in [-0.3, -0.25) is 9.59 Å². The number of fused-ring (bicyclic) bond motifs is 10. The van der Waals surface area contributed by atoms with Gasteiger partial charge in [-0.05, 0) is 43.7 Å². The molecule has 15 heteroatoms. The zero-order valence-electron chi connectivity index (χ0n) is 26.4. The SMILES string of the molecule is CC(=O)O[C@H]1[C@H]2[C@H]([C@@H]3[C@@H](O)[C@@H]4[C@H]([C@H](C)C=C5OC(=O)[C@@](C)(O)[C@@]54C)[C@@]3(OC(C)=O)[C@H]1O)[C@@H](O)C(N=[N+]=[N-])C1C[C@@H]3O[C@@H]3[C@H](O)[C@@]12C. The third-order valence-corrected chi connectivity index (χ3v) is 13.4. The van der Waals surface area contributed by atoms with E-state index in [0.29, 0.717) is 6.42 Å². The zero-order valence-corrected chi connectivity index (χ0v) is 26.4. The molecular formula is C31H41N3O12. The predicted molar refractivity (Wildman–Crippen MR) is 151 cm³/mol. The number of rotatable bonds is 3. The van der Waals surface area contributed by atoms with Crippen molar-refractivity contribution in [2.24, 2.45) is 57.4 Å². The summed E-state index contributed by atoms with van der Waals surface area (Å²) in [5, 5.41) is 65.0. The van der Waals surface area contributed by atoms with Gasteiger partial charge in [-0.15, -0.1) is 0 Å². The lowest BCUT2D eigenvalue weighted by Gasteiger charge is -2.66. The molecule has 2 aliphatic heterocycles. The van der Waals surface area contributed by atoms with Gasteiger partial charge in [0.25, 0.3) is 0 Å². The highest BCUT2D eigenvalue weighted by Gasteiger charge is 2.84. The number of esters is 3. The Morgan fingerprint density at radius 1 is 1.02 bits per heavy atom. The third kappa shape index (κ3) is 3.49. The standard InChI is InChI=1S/C31H41N3O12/c1-9-7-14-29(5,30(6,42)27(41)45-14)19-16(9)31(46-11(3)36)17(22(19)38)15-18(24(26(31)40)43-10(2)35)28(4)12(20(21(15)37)33-34-32)8-13-23(44-13)25(28)39/h7,9,12-13,15-26,37-40,42H,8H2,1-6H3/t9-,12?,13+,15+,16+,17-,18-,19+,20?,21-,22-,23+,24+,25+,26+,28+,29+,30-,31+/m1/s1. The molecule has 7 aliphatic rings. The molecule has 0 radical (unpaired) electrons. The van der Waals surface area contributed by atoms with Crippen molar-refractivity contribution < 1.29 is 58.9 Å². The van der Waals surface area contributed by atoms with Crippen LogP contribution in [0.25, 0.3) is 10.4 Å². The van der Waals surface area contributed by atoms with Gasteiger partial charge in [0.1, 0.15) is 24.1 Å². The van der Waals surface area contributed by atoms with E-state index in [1.807, 2.05) is 0 Å². The van der Waals surface area contributed by atoms with Crippen LogP contribution in [0.15, 0.2) is 16.9 Å². The summed E-state index contributed by atoms with van der Waals surface area (Å²) in [6.07, 6.45) is -6.59. The van der Waals surface area contributed by atoms with Crippen molar-refractivity contribution >= 4 is 17.9 Å². The molecule has 5 aliphatic carbocycles. The molecule has 2 unspecified atom stereocenters. The third-order valence-electron chi connectivity index (χ3n) is 13.4. The Kier molecular flexibility index (Phi) is 6.67. The van der Waals surface area contributed by atoms with Crippen molar-refractivity contribution in [1.29, 1.82) is 0 Å². The summed E-state index contributed by atoms with van der Waals surface area (Å²) >= 11 is 0. The number of hydrogen-bond donors (Lipinski definition) is 5. The number of ether oxygens (including phenoxy) is 4. The van der Waals surface area contributed by atoms with E-state index in [1.54, 1.807) is 26.8 Å². The number of azide groups is 1. The fourth-order valence-electron chi connectivity index (χ4n) is 11.6. The Balaban J connectivity index is 1.51. The minimum absolute atomic E-state index is 0.122. The lowest BCUT2D eigenvalue weighted by Crippen LogP contribution is -2.77. The van der Waals surface area contributed by atoms with Gasteiger partial charge in [-0.2, -0.15) is 0 Å². The van der Waals surface area contributed by atoms with Gasteiger partial charge in [0, 0.05) is 53.8 Å². The van der Waals surface area contributed by atoms with Crippen LogP contribution < -0.4 is 0 Å². The zero-order chi connectivity index (χ0) is 33.6. The second-order valence-electron chi connectivity index (χ2n) is 15.2. The number of epoxide rings is 1. The molecule has 252 valence electrons. The van der Waals surface area contributed by atoms with Gasteiger partial charge in [0.2, 0.25) is 0 Å². The molecule has 7 rings (SSSR count). The minimum Gasteiger partial charge on any atom is -0.459 e. The maximum absolute atomic E-state index is 13.0. The first-order valence-corrected chi connectivity index (χ1v) is 15.9. The maximum Gasteiger partial charge on any atom is 0.343 e. The van der Waals surface area contributed by atoms with Gasteiger partial charge in [0.15, 0.2) is 11.2 Å². The van der Waals surface area contributed by atoms with Crippen LogP contribution in [0.5, 0.6) is 0 Å². The van der Waals surface area contributed by atoms with Gasteiger partial charge >= 0.3 is 17.9 Å².